The van der Waals surface area contributed by atoms with E-state index in [1.807, 2.05) is 27.7 Å². The molecule has 0 aliphatic rings. The Morgan fingerprint density at radius 1 is 1.29 bits per heavy atom. The fraction of sp³-hybridized carbons (Fsp3) is 0.688. The van der Waals surface area contributed by atoms with Gasteiger partial charge in [-0.1, -0.05) is 6.92 Å². The molecule has 1 amide bonds. The Morgan fingerprint density at radius 3 is 2.54 bits per heavy atom. The van der Waals surface area contributed by atoms with Crippen LogP contribution in [0.5, 0.6) is 0 Å². The lowest BCUT2D eigenvalue weighted by molar-refractivity contribution is -0.121. The van der Waals surface area contributed by atoms with Crippen LogP contribution < -0.4 is 16.0 Å². The van der Waals surface area contributed by atoms with Gasteiger partial charge in [0.1, 0.15) is 0 Å². The van der Waals surface area contributed by atoms with Gasteiger partial charge in [0.2, 0.25) is 5.91 Å². The zero-order valence-electron chi connectivity index (χ0n) is 15.2. The van der Waals surface area contributed by atoms with E-state index in [0.29, 0.717) is 19.5 Å². The van der Waals surface area contributed by atoms with Gasteiger partial charge < -0.3 is 16.0 Å². The van der Waals surface area contributed by atoms with Crippen molar-refractivity contribution in [3.63, 3.8) is 0 Å². The number of aliphatic imine (C=N–C) groups is 1. The first-order chi connectivity index (χ1) is 11.0. The number of guanidine groups is 1. The molecule has 0 fully saturated rings. The number of hydrogen-bond donors (Lipinski definition) is 3. The Hall–Kier alpha value is -0.900. The number of amides is 1. The number of nitrogens with zero attached hydrogens (tertiary/aromatic N) is 2. The van der Waals surface area contributed by atoms with Crippen molar-refractivity contribution in [3.8, 4) is 0 Å². The van der Waals surface area contributed by atoms with Crippen LogP contribution in [0, 0.1) is 13.8 Å². The molecule has 0 aliphatic heterocycles. The van der Waals surface area contributed by atoms with Crippen molar-refractivity contribution in [1.82, 2.24) is 20.9 Å². The van der Waals surface area contributed by atoms with E-state index in [9.17, 15) is 4.79 Å². The van der Waals surface area contributed by atoms with Crippen molar-refractivity contribution < 1.29 is 4.79 Å². The molecular weight excluding hydrogens is 437 g/mol. The summed E-state index contributed by atoms with van der Waals surface area (Å²) >= 11 is 1.67. The second kappa shape index (κ2) is 12.5. The highest BCUT2D eigenvalue weighted by Crippen LogP contribution is 2.17. The Balaban J connectivity index is 0.00000529. The lowest BCUT2D eigenvalue weighted by atomic mass is 10.2. The molecule has 138 valence electrons. The molecule has 1 heterocycles. The van der Waals surface area contributed by atoms with E-state index in [0.717, 1.165) is 29.6 Å². The van der Waals surface area contributed by atoms with Gasteiger partial charge in [0, 0.05) is 30.4 Å². The number of carbonyl (C=O) groups excluding carboxylic acids is 1. The van der Waals surface area contributed by atoms with E-state index in [1.54, 1.807) is 11.3 Å². The highest BCUT2D eigenvalue weighted by atomic mass is 127. The van der Waals surface area contributed by atoms with E-state index in [4.69, 9.17) is 0 Å². The molecule has 0 bridgehead atoms. The summed E-state index contributed by atoms with van der Waals surface area (Å²) in [5.74, 6) is 0.797. The number of aromatic nitrogens is 1. The first-order valence-electron chi connectivity index (χ1n) is 8.20. The summed E-state index contributed by atoms with van der Waals surface area (Å²) in [6.07, 6.45) is 1.38. The monoisotopic (exact) mass is 467 g/mol. The zero-order chi connectivity index (χ0) is 17.2. The quantitative estimate of drug-likeness (QED) is 0.312. The second-order valence-corrected chi connectivity index (χ2v) is 6.78. The predicted octanol–water partition coefficient (Wildman–Crippen LogP) is 2.74. The van der Waals surface area contributed by atoms with Gasteiger partial charge in [0.25, 0.3) is 0 Å². The topological polar surface area (TPSA) is 78.4 Å². The molecule has 3 N–H and O–H groups in total. The highest BCUT2D eigenvalue weighted by Gasteiger charge is 2.07. The van der Waals surface area contributed by atoms with Crippen LogP contribution in [0.1, 0.15) is 49.2 Å². The molecule has 1 aromatic rings. The van der Waals surface area contributed by atoms with Gasteiger partial charge in [-0.2, -0.15) is 0 Å². The standard InChI is InChI=1S/C16H29N5OS.HI/c1-6-11(3)20-15(22)8-9-18-16(17-7-2)19-10-14-12(4)21-13(5)23-14;/h11H,6-10H2,1-5H3,(H,20,22)(H2,17,18,19);1H. The van der Waals surface area contributed by atoms with Crippen molar-refractivity contribution in [2.75, 3.05) is 13.1 Å². The third kappa shape index (κ3) is 8.81. The summed E-state index contributed by atoms with van der Waals surface area (Å²) in [5, 5.41) is 10.4. The van der Waals surface area contributed by atoms with Gasteiger partial charge in [0.15, 0.2) is 5.96 Å². The molecule has 0 spiro atoms. The molecule has 6 nitrogen and oxygen atoms in total. The summed E-state index contributed by atoms with van der Waals surface area (Å²) in [5.41, 5.74) is 1.04. The van der Waals surface area contributed by atoms with Gasteiger partial charge in [-0.05, 0) is 34.1 Å². The summed E-state index contributed by atoms with van der Waals surface area (Å²) in [6, 6.07) is 0.224. The molecule has 1 aromatic heterocycles. The Kier molecular flexibility index (Phi) is 12.0. The number of hydrogen-bond acceptors (Lipinski definition) is 4. The maximum atomic E-state index is 11.8. The molecule has 8 heteroatoms. The molecule has 0 saturated heterocycles. The predicted molar refractivity (Wildman–Crippen MR) is 112 cm³/mol. The van der Waals surface area contributed by atoms with E-state index in [1.165, 1.54) is 4.88 Å². The fourth-order valence-electron chi connectivity index (χ4n) is 1.96. The van der Waals surface area contributed by atoms with Crippen LogP contribution in [0.3, 0.4) is 0 Å². The van der Waals surface area contributed by atoms with E-state index >= 15 is 0 Å². The molecule has 0 aliphatic carbocycles. The van der Waals surface area contributed by atoms with Crippen molar-refractivity contribution in [2.24, 2.45) is 4.99 Å². The van der Waals surface area contributed by atoms with Crippen LogP contribution in [0.25, 0.3) is 0 Å². The smallest absolute Gasteiger partial charge is 0.221 e. The van der Waals surface area contributed by atoms with Gasteiger partial charge in [0.05, 0.1) is 17.2 Å². The van der Waals surface area contributed by atoms with Crippen molar-refractivity contribution in [2.45, 2.75) is 60.0 Å². The largest absolute Gasteiger partial charge is 0.357 e. The van der Waals surface area contributed by atoms with Crippen LogP contribution in [0.15, 0.2) is 4.99 Å². The lowest BCUT2D eigenvalue weighted by Gasteiger charge is -2.13. The number of nitrogens with one attached hydrogen (secondary N) is 3. The van der Waals surface area contributed by atoms with Gasteiger partial charge in [-0.15, -0.1) is 35.3 Å². The van der Waals surface area contributed by atoms with Crippen LogP contribution in [0.2, 0.25) is 0 Å². The van der Waals surface area contributed by atoms with Gasteiger partial charge in [-0.25, -0.2) is 9.98 Å². The number of aryl methyl sites for hydroxylation is 2. The average Bonchev–Trinajstić information content (AvgIpc) is 2.82. The summed E-state index contributed by atoms with van der Waals surface area (Å²) in [6.45, 7) is 12.1. The minimum absolute atomic E-state index is 0. The third-order valence-corrected chi connectivity index (χ3v) is 4.45. The first kappa shape index (κ1) is 23.1. The summed E-state index contributed by atoms with van der Waals surface area (Å²) in [4.78, 5) is 21.9. The van der Waals surface area contributed by atoms with Crippen LogP contribution in [-0.4, -0.2) is 36.0 Å². The molecule has 1 rings (SSSR count). The molecule has 1 unspecified atom stereocenters. The lowest BCUT2D eigenvalue weighted by Crippen LogP contribution is -2.40. The fourth-order valence-corrected chi connectivity index (χ4v) is 2.82. The molecule has 0 radical (unpaired) electrons. The van der Waals surface area contributed by atoms with Gasteiger partial charge >= 0.3 is 0 Å². The third-order valence-electron chi connectivity index (χ3n) is 3.39. The van der Waals surface area contributed by atoms with E-state index < -0.39 is 0 Å². The minimum atomic E-state index is 0. The van der Waals surface area contributed by atoms with Crippen LogP contribution in [0.4, 0.5) is 0 Å². The number of halogens is 1. The minimum Gasteiger partial charge on any atom is -0.357 e. The Labute approximate surface area is 166 Å². The first-order valence-corrected chi connectivity index (χ1v) is 9.02. The Bertz CT molecular complexity index is 533. The van der Waals surface area contributed by atoms with Crippen molar-refractivity contribution >= 4 is 47.2 Å². The highest BCUT2D eigenvalue weighted by molar-refractivity contribution is 14.0. The van der Waals surface area contributed by atoms with Gasteiger partial charge in [-0.3, -0.25) is 4.79 Å². The molecule has 0 aromatic carbocycles. The van der Waals surface area contributed by atoms with Crippen molar-refractivity contribution in [1.29, 1.82) is 0 Å². The van der Waals surface area contributed by atoms with E-state index in [2.05, 4.69) is 32.9 Å². The zero-order valence-corrected chi connectivity index (χ0v) is 18.4. The molecule has 0 saturated carbocycles. The SMILES string of the molecule is CCNC(=NCc1sc(C)nc1C)NCCC(=O)NC(C)CC.I. The Morgan fingerprint density at radius 2 is 2.00 bits per heavy atom. The number of rotatable bonds is 8. The second-order valence-electron chi connectivity index (χ2n) is 5.49. The summed E-state index contributed by atoms with van der Waals surface area (Å²) < 4.78 is 0. The van der Waals surface area contributed by atoms with Crippen LogP contribution >= 0.6 is 35.3 Å². The molecule has 1 atom stereocenters. The van der Waals surface area contributed by atoms with Crippen LogP contribution in [-0.2, 0) is 11.3 Å². The number of carbonyl (C=O) groups is 1. The molecule has 24 heavy (non-hydrogen) atoms. The normalized spacial score (nSPS) is 12.3. The summed E-state index contributed by atoms with van der Waals surface area (Å²) in [7, 11) is 0. The maximum absolute atomic E-state index is 11.8. The molecular formula is C16H30IN5OS. The maximum Gasteiger partial charge on any atom is 0.221 e. The average molecular weight is 467 g/mol. The number of thiazole rings is 1. The van der Waals surface area contributed by atoms with Crippen molar-refractivity contribution in [3.05, 3.63) is 15.6 Å². The van der Waals surface area contributed by atoms with E-state index in [-0.39, 0.29) is 35.9 Å².